The Morgan fingerprint density at radius 3 is 2.42 bits per heavy atom. The van der Waals surface area contributed by atoms with E-state index in [0.29, 0.717) is 32.7 Å². The van der Waals surface area contributed by atoms with E-state index in [1.807, 2.05) is 52.0 Å². The number of nitrogens with zero attached hydrogens (tertiary/aromatic N) is 2. The van der Waals surface area contributed by atoms with Gasteiger partial charge >= 0.3 is 6.09 Å². The van der Waals surface area contributed by atoms with Crippen LogP contribution in [-0.4, -0.2) is 60.1 Å². The first-order valence-electron chi connectivity index (χ1n) is 9.25. The maximum atomic E-state index is 12.2. The Hall–Kier alpha value is -2.08. The van der Waals surface area contributed by atoms with Crippen molar-refractivity contribution < 1.29 is 14.3 Å². The number of benzene rings is 1. The van der Waals surface area contributed by atoms with Gasteiger partial charge in [0.05, 0.1) is 6.54 Å². The molecule has 6 heteroatoms. The maximum Gasteiger partial charge on any atom is 0.410 e. The topological polar surface area (TPSA) is 61.9 Å². The molecular formula is C20H31N3O3. The lowest BCUT2D eigenvalue weighted by molar-refractivity contribution is -0.122. The Morgan fingerprint density at radius 1 is 1.08 bits per heavy atom. The summed E-state index contributed by atoms with van der Waals surface area (Å²) < 4.78 is 5.43. The zero-order valence-corrected chi connectivity index (χ0v) is 16.4. The van der Waals surface area contributed by atoms with Gasteiger partial charge in [-0.15, -0.1) is 0 Å². The normalized spacial score (nSPS) is 16.1. The smallest absolute Gasteiger partial charge is 0.410 e. The molecule has 26 heavy (non-hydrogen) atoms. The zero-order chi connectivity index (χ0) is 19.2. The van der Waals surface area contributed by atoms with E-state index in [4.69, 9.17) is 4.74 Å². The van der Waals surface area contributed by atoms with E-state index in [2.05, 4.69) is 10.2 Å². The van der Waals surface area contributed by atoms with Crippen LogP contribution in [0.2, 0.25) is 0 Å². The van der Waals surface area contributed by atoms with Crippen LogP contribution in [0.5, 0.6) is 0 Å². The van der Waals surface area contributed by atoms with Crippen molar-refractivity contribution in [2.24, 2.45) is 0 Å². The van der Waals surface area contributed by atoms with Crippen LogP contribution in [0.3, 0.4) is 0 Å². The highest BCUT2D eigenvalue weighted by atomic mass is 16.6. The molecule has 0 bridgehead atoms. The van der Waals surface area contributed by atoms with Crippen molar-refractivity contribution in [3.8, 4) is 0 Å². The number of nitrogens with one attached hydrogen (secondary N) is 1. The quantitative estimate of drug-likeness (QED) is 0.895. The van der Waals surface area contributed by atoms with Gasteiger partial charge in [0.25, 0.3) is 0 Å². The van der Waals surface area contributed by atoms with E-state index in [1.165, 1.54) is 5.56 Å². The fourth-order valence-electron chi connectivity index (χ4n) is 2.80. The third-order valence-electron chi connectivity index (χ3n) is 4.22. The van der Waals surface area contributed by atoms with E-state index in [1.54, 1.807) is 4.90 Å². The number of aryl methyl sites for hydroxylation is 1. The monoisotopic (exact) mass is 361 g/mol. The second kappa shape index (κ2) is 9.03. The van der Waals surface area contributed by atoms with Gasteiger partial charge in [0.15, 0.2) is 0 Å². The number of carbonyl (C=O) groups excluding carboxylic acids is 2. The summed E-state index contributed by atoms with van der Waals surface area (Å²) in [6, 6.07) is 8.14. The summed E-state index contributed by atoms with van der Waals surface area (Å²) >= 11 is 0. The lowest BCUT2D eigenvalue weighted by Crippen LogP contribution is -2.41. The first-order valence-corrected chi connectivity index (χ1v) is 9.25. The van der Waals surface area contributed by atoms with Crippen molar-refractivity contribution in [3.63, 3.8) is 0 Å². The largest absolute Gasteiger partial charge is 0.444 e. The van der Waals surface area contributed by atoms with Crippen molar-refractivity contribution in [2.45, 2.75) is 46.3 Å². The third kappa shape index (κ3) is 7.04. The van der Waals surface area contributed by atoms with Crippen molar-refractivity contribution >= 4 is 12.0 Å². The molecule has 0 radical (unpaired) electrons. The summed E-state index contributed by atoms with van der Waals surface area (Å²) in [5.41, 5.74) is 1.81. The van der Waals surface area contributed by atoms with Crippen molar-refractivity contribution in [3.05, 3.63) is 35.4 Å². The molecule has 0 aliphatic carbocycles. The minimum atomic E-state index is -0.487. The second-order valence-electron chi connectivity index (χ2n) is 7.86. The van der Waals surface area contributed by atoms with E-state index in [0.717, 1.165) is 18.5 Å². The number of hydrogen-bond donors (Lipinski definition) is 1. The fourth-order valence-corrected chi connectivity index (χ4v) is 2.80. The van der Waals surface area contributed by atoms with Crippen LogP contribution in [0, 0.1) is 6.92 Å². The molecule has 1 saturated heterocycles. The average molecular weight is 361 g/mol. The molecule has 2 rings (SSSR count). The highest BCUT2D eigenvalue weighted by Gasteiger charge is 2.24. The molecule has 6 nitrogen and oxygen atoms in total. The third-order valence-corrected chi connectivity index (χ3v) is 4.22. The Kier molecular flexibility index (Phi) is 7.03. The van der Waals surface area contributed by atoms with Gasteiger partial charge < -0.3 is 15.0 Å². The molecule has 0 unspecified atom stereocenters. The van der Waals surface area contributed by atoms with Crippen molar-refractivity contribution in [2.75, 3.05) is 32.7 Å². The Morgan fingerprint density at radius 2 is 1.77 bits per heavy atom. The van der Waals surface area contributed by atoms with Gasteiger partial charge in [0.2, 0.25) is 5.91 Å². The molecule has 1 N–H and O–H groups in total. The summed E-state index contributed by atoms with van der Waals surface area (Å²) in [7, 11) is 0. The standard InChI is InChI=1S/C20H31N3O3/c1-16-6-8-17(9-7-16)14-21-18(24)15-22-10-5-11-23(13-12-22)19(25)26-20(2,3)4/h6-9H,5,10-15H2,1-4H3,(H,21,24). The predicted molar refractivity (Wildman–Crippen MR) is 102 cm³/mol. The Bertz CT molecular complexity index is 608. The molecule has 1 fully saturated rings. The van der Waals surface area contributed by atoms with Gasteiger partial charge in [-0.05, 0) is 39.7 Å². The van der Waals surface area contributed by atoms with Crippen LogP contribution in [0.4, 0.5) is 4.79 Å². The minimum Gasteiger partial charge on any atom is -0.444 e. The predicted octanol–water partition coefficient (Wildman–Crippen LogP) is 2.55. The SMILES string of the molecule is Cc1ccc(CNC(=O)CN2CCCN(C(=O)OC(C)(C)C)CC2)cc1. The molecule has 0 atom stereocenters. The Balaban J connectivity index is 1.75. The number of amides is 2. The fraction of sp³-hybridized carbons (Fsp3) is 0.600. The van der Waals surface area contributed by atoms with E-state index >= 15 is 0 Å². The number of carbonyl (C=O) groups is 2. The summed E-state index contributed by atoms with van der Waals surface area (Å²) in [6.07, 6.45) is 0.563. The van der Waals surface area contributed by atoms with Crippen LogP contribution in [0.15, 0.2) is 24.3 Å². The summed E-state index contributed by atoms with van der Waals surface area (Å²) in [5, 5.41) is 2.97. The molecule has 1 aliphatic heterocycles. The molecule has 1 aromatic carbocycles. The van der Waals surface area contributed by atoms with Crippen LogP contribution in [-0.2, 0) is 16.1 Å². The lowest BCUT2D eigenvalue weighted by Gasteiger charge is -2.26. The van der Waals surface area contributed by atoms with Crippen LogP contribution >= 0.6 is 0 Å². The second-order valence-corrected chi connectivity index (χ2v) is 7.86. The summed E-state index contributed by atoms with van der Waals surface area (Å²) in [5.74, 6) is 0.0105. The number of hydrogen-bond acceptors (Lipinski definition) is 4. The highest BCUT2D eigenvalue weighted by molar-refractivity contribution is 5.78. The Labute approximate surface area is 156 Å². The van der Waals surface area contributed by atoms with Crippen LogP contribution in [0.25, 0.3) is 0 Å². The summed E-state index contributed by atoms with van der Waals surface area (Å²) in [6.45, 7) is 11.3. The van der Waals surface area contributed by atoms with E-state index in [9.17, 15) is 9.59 Å². The lowest BCUT2D eigenvalue weighted by atomic mass is 10.1. The molecule has 0 aromatic heterocycles. The number of ether oxygens (including phenoxy) is 1. The number of rotatable bonds is 4. The minimum absolute atomic E-state index is 0.0105. The van der Waals surface area contributed by atoms with Crippen molar-refractivity contribution in [1.29, 1.82) is 0 Å². The first-order chi connectivity index (χ1) is 12.2. The molecule has 0 spiro atoms. The van der Waals surface area contributed by atoms with Gasteiger partial charge in [-0.1, -0.05) is 29.8 Å². The first kappa shape index (κ1) is 20.2. The van der Waals surface area contributed by atoms with Gasteiger partial charge in [0, 0.05) is 32.7 Å². The maximum absolute atomic E-state index is 12.2. The molecule has 0 saturated carbocycles. The molecule has 1 aliphatic rings. The van der Waals surface area contributed by atoms with Crippen LogP contribution in [0.1, 0.15) is 38.3 Å². The summed E-state index contributed by atoms with van der Waals surface area (Å²) in [4.78, 5) is 28.2. The molecule has 2 amide bonds. The highest BCUT2D eigenvalue weighted by Crippen LogP contribution is 2.12. The van der Waals surface area contributed by atoms with Gasteiger partial charge in [-0.25, -0.2) is 4.79 Å². The van der Waals surface area contributed by atoms with Crippen molar-refractivity contribution in [1.82, 2.24) is 15.1 Å². The van der Waals surface area contributed by atoms with E-state index in [-0.39, 0.29) is 12.0 Å². The van der Waals surface area contributed by atoms with Gasteiger partial charge in [-0.2, -0.15) is 0 Å². The molecule has 144 valence electrons. The molecular weight excluding hydrogens is 330 g/mol. The van der Waals surface area contributed by atoms with Crippen LogP contribution < -0.4 is 5.32 Å². The van der Waals surface area contributed by atoms with E-state index < -0.39 is 5.60 Å². The van der Waals surface area contributed by atoms with Gasteiger partial charge in [-0.3, -0.25) is 9.69 Å². The van der Waals surface area contributed by atoms with Gasteiger partial charge in [0.1, 0.15) is 5.60 Å². The zero-order valence-electron chi connectivity index (χ0n) is 16.4. The average Bonchev–Trinajstić information content (AvgIpc) is 2.78. The molecule has 1 heterocycles. The molecule has 1 aromatic rings.